The van der Waals surface area contributed by atoms with Crippen LogP contribution in [0, 0.1) is 13.8 Å². The summed E-state index contributed by atoms with van der Waals surface area (Å²) in [5.41, 5.74) is 2.44. The first-order valence-corrected chi connectivity index (χ1v) is 10.4. The van der Waals surface area contributed by atoms with Gasteiger partial charge >= 0.3 is 0 Å². The summed E-state index contributed by atoms with van der Waals surface area (Å²) in [6.07, 6.45) is 5.44. The number of furan rings is 1. The van der Waals surface area contributed by atoms with Crippen molar-refractivity contribution in [2.75, 3.05) is 25.4 Å². The van der Waals surface area contributed by atoms with Gasteiger partial charge in [0.05, 0.1) is 18.1 Å². The van der Waals surface area contributed by atoms with Crippen molar-refractivity contribution in [3.63, 3.8) is 0 Å². The number of benzene rings is 1. The zero-order chi connectivity index (χ0) is 18.4. The normalized spacial score (nSPS) is 16.4. The van der Waals surface area contributed by atoms with Crippen LogP contribution in [0.3, 0.4) is 0 Å². The summed E-state index contributed by atoms with van der Waals surface area (Å²) in [6.45, 7) is 6.90. The third-order valence-corrected chi connectivity index (χ3v) is 6.06. The van der Waals surface area contributed by atoms with Crippen LogP contribution < -0.4 is 5.32 Å². The fourth-order valence-corrected chi connectivity index (χ4v) is 4.34. The lowest BCUT2D eigenvalue weighted by Crippen LogP contribution is -2.40. The number of hydrogen-bond donors (Lipinski definition) is 1. The highest BCUT2D eigenvalue weighted by Crippen LogP contribution is 2.25. The molecule has 1 aromatic heterocycles. The van der Waals surface area contributed by atoms with Gasteiger partial charge in [0.15, 0.2) is 0 Å². The van der Waals surface area contributed by atoms with E-state index in [4.69, 9.17) is 4.42 Å². The molecule has 1 amide bonds. The van der Waals surface area contributed by atoms with Gasteiger partial charge in [0, 0.05) is 11.4 Å². The molecule has 0 radical (unpaired) electrons. The molecule has 1 fully saturated rings. The van der Waals surface area contributed by atoms with Gasteiger partial charge in [-0.15, -0.1) is 11.8 Å². The van der Waals surface area contributed by atoms with E-state index in [1.165, 1.54) is 35.3 Å². The summed E-state index contributed by atoms with van der Waals surface area (Å²) in [5.74, 6) is 1.45. The molecule has 3 rings (SSSR count). The number of likely N-dealkylation sites (tertiary alicyclic amines) is 1. The highest BCUT2D eigenvalue weighted by Gasteiger charge is 2.24. The molecule has 2 heterocycles. The number of amides is 1. The number of carbonyl (C=O) groups is 1. The highest BCUT2D eigenvalue weighted by molar-refractivity contribution is 8.00. The van der Waals surface area contributed by atoms with Gasteiger partial charge in [-0.3, -0.25) is 9.69 Å². The number of nitrogens with one attached hydrogen (secondary N) is 1. The van der Waals surface area contributed by atoms with E-state index >= 15 is 0 Å². The molecule has 1 aliphatic rings. The number of thioether (sulfide) groups is 1. The summed E-state index contributed by atoms with van der Waals surface area (Å²) >= 11 is 1.60. The van der Waals surface area contributed by atoms with E-state index in [2.05, 4.69) is 42.3 Å². The summed E-state index contributed by atoms with van der Waals surface area (Å²) in [5, 5.41) is 3.11. The molecule has 5 heteroatoms. The molecule has 1 saturated heterocycles. The van der Waals surface area contributed by atoms with Gasteiger partial charge in [-0.05, 0) is 63.5 Å². The maximum absolute atomic E-state index is 12.4. The van der Waals surface area contributed by atoms with Gasteiger partial charge in [-0.1, -0.05) is 24.1 Å². The van der Waals surface area contributed by atoms with Crippen LogP contribution in [0.2, 0.25) is 0 Å². The van der Waals surface area contributed by atoms with Gasteiger partial charge in [-0.25, -0.2) is 0 Å². The molecule has 1 atom stereocenters. The van der Waals surface area contributed by atoms with Crippen LogP contribution in [0.5, 0.6) is 0 Å². The Labute approximate surface area is 160 Å². The van der Waals surface area contributed by atoms with Gasteiger partial charge in [0.1, 0.15) is 5.76 Å². The van der Waals surface area contributed by atoms with E-state index in [1.54, 1.807) is 18.0 Å². The predicted molar refractivity (Wildman–Crippen MR) is 107 cm³/mol. The van der Waals surface area contributed by atoms with Gasteiger partial charge < -0.3 is 9.73 Å². The predicted octanol–water partition coefficient (Wildman–Crippen LogP) is 4.33. The van der Waals surface area contributed by atoms with Gasteiger partial charge in [0.25, 0.3) is 0 Å². The zero-order valence-corrected chi connectivity index (χ0v) is 16.5. The summed E-state index contributed by atoms with van der Waals surface area (Å²) in [4.78, 5) is 16.0. The molecule has 1 aliphatic heterocycles. The standard InChI is InChI=1S/C21H28N2O2S/c1-16-8-9-17(2)20(13-16)26-15-21(24)22-14-18(19-7-6-12-25-19)23-10-4-3-5-11-23/h6-9,12-13,18H,3-5,10-11,14-15H2,1-2H3,(H,22,24)/t18-/m0/s1. The van der Waals surface area contributed by atoms with E-state index in [9.17, 15) is 4.79 Å². The van der Waals surface area contributed by atoms with Crippen molar-refractivity contribution >= 4 is 17.7 Å². The van der Waals surface area contributed by atoms with Crippen LogP contribution in [-0.2, 0) is 4.79 Å². The Morgan fingerprint density at radius 3 is 2.77 bits per heavy atom. The number of rotatable bonds is 7. The zero-order valence-electron chi connectivity index (χ0n) is 15.7. The van der Waals surface area contributed by atoms with E-state index in [1.807, 2.05) is 12.1 Å². The first kappa shape index (κ1) is 19.1. The summed E-state index contributed by atoms with van der Waals surface area (Å²) in [7, 11) is 0. The Bertz CT molecular complexity index is 709. The lowest BCUT2D eigenvalue weighted by molar-refractivity contribution is -0.118. The third kappa shape index (κ3) is 5.15. The average molecular weight is 373 g/mol. The molecule has 26 heavy (non-hydrogen) atoms. The van der Waals surface area contributed by atoms with E-state index in [0.29, 0.717) is 12.3 Å². The molecular formula is C21H28N2O2S. The minimum atomic E-state index is 0.0736. The Kier molecular flexibility index (Phi) is 6.80. The number of piperidine rings is 1. The lowest BCUT2D eigenvalue weighted by atomic mass is 10.1. The van der Waals surface area contributed by atoms with Crippen molar-refractivity contribution in [1.82, 2.24) is 10.2 Å². The van der Waals surface area contributed by atoms with Crippen LogP contribution in [0.1, 0.15) is 42.2 Å². The minimum Gasteiger partial charge on any atom is -0.468 e. The Morgan fingerprint density at radius 1 is 1.23 bits per heavy atom. The Balaban J connectivity index is 1.54. The first-order chi connectivity index (χ1) is 12.6. The van der Waals surface area contributed by atoms with Crippen LogP contribution in [0.25, 0.3) is 0 Å². The van der Waals surface area contributed by atoms with Crippen molar-refractivity contribution in [2.24, 2.45) is 0 Å². The molecule has 0 unspecified atom stereocenters. The maximum atomic E-state index is 12.4. The molecule has 0 bridgehead atoms. The molecular weight excluding hydrogens is 344 g/mol. The second-order valence-electron chi connectivity index (χ2n) is 6.99. The molecule has 1 N–H and O–H groups in total. The first-order valence-electron chi connectivity index (χ1n) is 9.37. The van der Waals surface area contributed by atoms with Crippen molar-refractivity contribution in [1.29, 1.82) is 0 Å². The van der Waals surface area contributed by atoms with Crippen LogP contribution in [0.15, 0.2) is 45.9 Å². The fourth-order valence-electron chi connectivity index (χ4n) is 3.39. The quantitative estimate of drug-likeness (QED) is 0.735. The van der Waals surface area contributed by atoms with Gasteiger partial charge in [-0.2, -0.15) is 0 Å². The maximum Gasteiger partial charge on any atom is 0.230 e. The van der Waals surface area contributed by atoms with Crippen molar-refractivity contribution in [2.45, 2.75) is 44.0 Å². The smallest absolute Gasteiger partial charge is 0.230 e. The Morgan fingerprint density at radius 2 is 2.04 bits per heavy atom. The highest BCUT2D eigenvalue weighted by atomic mass is 32.2. The van der Waals surface area contributed by atoms with E-state index in [0.717, 1.165) is 18.8 Å². The van der Waals surface area contributed by atoms with E-state index in [-0.39, 0.29) is 11.9 Å². The third-order valence-electron chi connectivity index (χ3n) is 4.90. The second-order valence-corrected chi connectivity index (χ2v) is 8.01. The molecule has 0 aliphatic carbocycles. The summed E-state index contributed by atoms with van der Waals surface area (Å²) in [6, 6.07) is 10.4. The number of aryl methyl sites for hydroxylation is 2. The lowest BCUT2D eigenvalue weighted by Gasteiger charge is -2.33. The molecule has 1 aromatic carbocycles. The van der Waals surface area contributed by atoms with Crippen molar-refractivity contribution in [3.05, 3.63) is 53.5 Å². The topological polar surface area (TPSA) is 45.5 Å². The monoisotopic (exact) mass is 372 g/mol. The molecule has 4 nitrogen and oxygen atoms in total. The SMILES string of the molecule is Cc1ccc(C)c(SCC(=O)NC[C@@H](c2ccco2)N2CCCCC2)c1. The summed E-state index contributed by atoms with van der Waals surface area (Å²) < 4.78 is 5.64. The van der Waals surface area contributed by atoms with Crippen LogP contribution in [-0.4, -0.2) is 36.2 Å². The molecule has 2 aromatic rings. The van der Waals surface area contributed by atoms with Gasteiger partial charge in [0.2, 0.25) is 5.91 Å². The minimum absolute atomic E-state index is 0.0736. The molecule has 140 valence electrons. The fraction of sp³-hybridized carbons (Fsp3) is 0.476. The van der Waals surface area contributed by atoms with Crippen molar-refractivity contribution < 1.29 is 9.21 Å². The Hall–Kier alpha value is -1.72. The number of carbonyl (C=O) groups excluding carboxylic acids is 1. The number of nitrogens with zero attached hydrogens (tertiary/aromatic N) is 1. The van der Waals surface area contributed by atoms with E-state index < -0.39 is 0 Å². The van der Waals surface area contributed by atoms with Crippen molar-refractivity contribution in [3.8, 4) is 0 Å². The second kappa shape index (κ2) is 9.28. The van der Waals surface area contributed by atoms with Crippen LogP contribution in [0.4, 0.5) is 0 Å². The van der Waals surface area contributed by atoms with Crippen LogP contribution >= 0.6 is 11.8 Å². The molecule has 0 spiro atoms. The number of hydrogen-bond acceptors (Lipinski definition) is 4. The average Bonchev–Trinajstić information content (AvgIpc) is 3.18. The largest absolute Gasteiger partial charge is 0.468 e. The molecule has 0 saturated carbocycles.